The Morgan fingerprint density at radius 3 is 2.48 bits per heavy atom. The van der Waals surface area contributed by atoms with Crippen molar-refractivity contribution < 1.29 is 9.90 Å². The number of H-pyrrole nitrogens is 1. The number of benzene rings is 2. The Kier molecular flexibility index (Phi) is 5.95. The normalized spacial score (nSPS) is 12.1. The monoisotopic (exact) mass is 416 g/mol. The van der Waals surface area contributed by atoms with E-state index >= 15 is 0 Å². The minimum absolute atomic E-state index is 0.0893. The highest BCUT2D eigenvalue weighted by Crippen LogP contribution is 2.17. The predicted molar refractivity (Wildman–Crippen MR) is 118 cm³/mol. The molecule has 158 valence electrons. The Morgan fingerprint density at radius 1 is 1.10 bits per heavy atom. The van der Waals surface area contributed by atoms with Crippen molar-refractivity contribution in [2.24, 2.45) is 0 Å². The number of hydrogen-bond acceptors (Lipinski definition) is 4. The molecule has 0 saturated heterocycles. The number of nitrogens with zero attached hydrogens (tertiary/aromatic N) is 3. The summed E-state index contributed by atoms with van der Waals surface area (Å²) >= 11 is 0. The highest BCUT2D eigenvalue weighted by molar-refractivity contribution is 5.79. The maximum absolute atomic E-state index is 13.3. The van der Waals surface area contributed by atoms with Gasteiger partial charge in [-0.3, -0.25) is 14.7 Å². The number of aliphatic hydroxyl groups is 1. The molecule has 2 N–H and O–H groups in total. The Morgan fingerprint density at radius 2 is 1.77 bits per heavy atom. The van der Waals surface area contributed by atoms with Crippen LogP contribution in [-0.4, -0.2) is 37.1 Å². The first-order chi connectivity index (χ1) is 15.0. The molecule has 0 fully saturated rings. The van der Waals surface area contributed by atoms with Gasteiger partial charge in [-0.05, 0) is 18.1 Å². The van der Waals surface area contributed by atoms with Crippen molar-refractivity contribution in [3.63, 3.8) is 0 Å². The number of aromatic nitrogens is 3. The van der Waals surface area contributed by atoms with Gasteiger partial charge in [0.1, 0.15) is 0 Å². The third-order valence-electron chi connectivity index (χ3n) is 5.32. The van der Waals surface area contributed by atoms with Gasteiger partial charge >= 0.3 is 0 Å². The van der Waals surface area contributed by atoms with Crippen molar-refractivity contribution in [2.75, 3.05) is 6.54 Å². The average Bonchev–Trinajstić information content (AvgIpc) is 3.26. The molecule has 1 amide bonds. The second-order valence-corrected chi connectivity index (χ2v) is 7.50. The summed E-state index contributed by atoms with van der Waals surface area (Å²) in [5.41, 5.74) is 2.78. The zero-order chi connectivity index (χ0) is 21.8. The number of carbonyl (C=O) groups is 1. The van der Waals surface area contributed by atoms with E-state index in [1.807, 2.05) is 60.7 Å². The maximum atomic E-state index is 13.3. The lowest BCUT2D eigenvalue weighted by Crippen LogP contribution is -2.37. The smallest absolute Gasteiger partial charge is 0.276 e. The van der Waals surface area contributed by atoms with Crippen LogP contribution in [0, 0.1) is 6.92 Å². The van der Waals surface area contributed by atoms with Gasteiger partial charge in [0.25, 0.3) is 5.56 Å². The molecule has 7 heteroatoms. The van der Waals surface area contributed by atoms with Crippen molar-refractivity contribution in [3.8, 4) is 0 Å². The minimum atomic E-state index is -0.833. The lowest BCUT2D eigenvalue weighted by Gasteiger charge is -2.26. The van der Waals surface area contributed by atoms with E-state index in [-0.39, 0.29) is 24.4 Å². The fourth-order valence-corrected chi connectivity index (χ4v) is 3.62. The molecular weight excluding hydrogens is 392 g/mol. The first kappa shape index (κ1) is 20.6. The molecule has 0 aliphatic rings. The van der Waals surface area contributed by atoms with Crippen LogP contribution in [-0.2, 0) is 17.8 Å². The molecule has 2 heterocycles. The van der Waals surface area contributed by atoms with Crippen LogP contribution in [0.4, 0.5) is 0 Å². The van der Waals surface area contributed by atoms with Gasteiger partial charge in [-0.15, -0.1) is 0 Å². The second kappa shape index (κ2) is 8.97. The Bertz CT molecular complexity index is 1230. The van der Waals surface area contributed by atoms with Crippen molar-refractivity contribution in [2.45, 2.75) is 26.0 Å². The van der Waals surface area contributed by atoms with E-state index in [2.05, 4.69) is 10.1 Å². The second-order valence-electron chi connectivity index (χ2n) is 7.50. The molecule has 1 unspecified atom stereocenters. The number of rotatable bonds is 7. The highest BCUT2D eigenvalue weighted by Gasteiger charge is 2.22. The first-order valence-electron chi connectivity index (χ1n) is 10.1. The van der Waals surface area contributed by atoms with E-state index in [0.717, 1.165) is 11.1 Å². The molecule has 0 spiro atoms. The van der Waals surface area contributed by atoms with Gasteiger partial charge in [0.05, 0.1) is 19.1 Å². The molecule has 1 atom stereocenters. The van der Waals surface area contributed by atoms with Crippen molar-refractivity contribution in [3.05, 3.63) is 106 Å². The molecule has 2 aromatic carbocycles. The molecule has 7 nitrogen and oxygen atoms in total. The van der Waals surface area contributed by atoms with Crippen LogP contribution in [0.5, 0.6) is 0 Å². The van der Waals surface area contributed by atoms with Gasteiger partial charge in [0, 0.05) is 30.1 Å². The summed E-state index contributed by atoms with van der Waals surface area (Å²) in [6.45, 7) is 2.19. The number of carbonyl (C=O) groups excluding carboxylic acids is 1. The number of aliphatic hydroxyl groups excluding tert-OH is 1. The standard InChI is InChI=1S/C24H24N4O3/c1-17-20(24(31)28-22(26-17)12-13-25-28)14-23(30)27(15-18-8-4-2-5-9-18)16-21(29)19-10-6-3-7-11-19/h2-13,21,25,29H,14-16H2,1H3. The topological polar surface area (TPSA) is 90.7 Å². The average molecular weight is 416 g/mol. The fraction of sp³-hybridized carbons (Fsp3) is 0.208. The van der Waals surface area contributed by atoms with E-state index in [1.165, 1.54) is 4.52 Å². The molecule has 0 aliphatic carbocycles. The first-order valence-corrected chi connectivity index (χ1v) is 10.1. The SMILES string of the molecule is Cc1nc2cc[nH]n2c(=O)c1CC(=O)N(Cc1ccccc1)CC(O)c1ccccc1. The van der Waals surface area contributed by atoms with Crippen molar-refractivity contribution in [1.29, 1.82) is 0 Å². The summed E-state index contributed by atoms with van der Waals surface area (Å²) in [4.78, 5) is 32.1. The summed E-state index contributed by atoms with van der Waals surface area (Å²) in [5.74, 6) is -0.243. The number of aryl methyl sites for hydroxylation is 1. The van der Waals surface area contributed by atoms with Crippen LogP contribution in [0.2, 0.25) is 0 Å². The van der Waals surface area contributed by atoms with Gasteiger partial charge in [-0.2, -0.15) is 0 Å². The molecule has 4 rings (SSSR count). The summed E-state index contributed by atoms with van der Waals surface area (Å²) in [6, 6.07) is 20.5. The summed E-state index contributed by atoms with van der Waals surface area (Å²) in [5, 5.41) is 13.6. The molecular formula is C24H24N4O3. The Balaban J connectivity index is 1.61. The van der Waals surface area contributed by atoms with Gasteiger partial charge in [0.2, 0.25) is 5.91 Å². The number of nitrogens with one attached hydrogen (secondary N) is 1. The Labute approximate surface area is 179 Å². The van der Waals surface area contributed by atoms with E-state index in [0.29, 0.717) is 23.4 Å². The maximum Gasteiger partial charge on any atom is 0.276 e. The van der Waals surface area contributed by atoms with Crippen LogP contribution < -0.4 is 5.56 Å². The van der Waals surface area contributed by atoms with E-state index in [9.17, 15) is 14.7 Å². The zero-order valence-corrected chi connectivity index (χ0v) is 17.2. The third kappa shape index (κ3) is 4.57. The van der Waals surface area contributed by atoms with Gasteiger partial charge < -0.3 is 10.0 Å². The lowest BCUT2D eigenvalue weighted by molar-refractivity contribution is -0.132. The zero-order valence-electron chi connectivity index (χ0n) is 17.2. The number of amides is 1. The third-order valence-corrected chi connectivity index (χ3v) is 5.32. The van der Waals surface area contributed by atoms with Crippen molar-refractivity contribution >= 4 is 11.6 Å². The Hall–Kier alpha value is -3.71. The summed E-state index contributed by atoms with van der Waals surface area (Å²) < 4.78 is 1.33. The molecule has 31 heavy (non-hydrogen) atoms. The molecule has 0 radical (unpaired) electrons. The molecule has 2 aromatic heterocycles. The number of aromatic amines is 1. The van der Waals surface area contributed by atoms with Gasteiger partial charge in [-0.1, -0.05) is 60.7 Å². The van der Waals surface area contributed by atoms with Gasteiger partial charge in [0.15, 0.2) is 5.65 Å². The molecule has 0 aliphatic heterocycles. The summed E-state index contributed by atoms with van der Waals surface area (Å²) in [7, 11) is 0. The molecule has 4 aromatic rings. The van der Waals surface area contributed by atoms with Crippen LogP contribution in [0.15, 0.2) is 77.7 Å². The number of hydrogen-bond donors (Lipinski definition) is 2. The quantitative estimate of drug-likeness (QED) is 0.485. The largest absolute Gasteiger partial charge is 0.387 e. The lowest BCUT2D eigenvalue weighted by atomic mass is 10.1. The van der Waals surface area contributed by atoms with E-state index in [1.54, 1.807) is 24.1 Å². The number of fused-ring (bicyclic) bond motifs is 1. The van der Waals surface area contributed by atoms with E-state index in [4.69, 9.17) is 0 Å². The molecule has 0 saturated carbocycles. The van der Waals surface area contributed by atoms with E-state index < -0.39 is 6.10 Å². The van der Waals surface area contributed by atoms with Crippen molar-refractivity contribution in [1.82, 2.24) is 19.5 Å². The van der Waals surface area contributed by atoms with Crippen LogP contribution in [0.3, 0.4) is 0 Å². The minimum Gasteiger partial charge on any atom is -0.387 e. The predicted octanol–water partition coefficient (Wildman–Crippen LogP) is 2.64. The van der Waals surface area contributed by atoms with Crippen LogP contribution in [0.1, 0.15) is 28.5 Å². The van der Waals surface area contributed by atoms with Gasteiger partial charge in [-0.25, -0.2) is 9.50 Å². The van der Waals surface area contributed by atoms with Crippen LogP contribution >= 0.6 is 0 Å². The van der Waals surface area contributed by atoms with Crippen LogP contribution in [0.25, 0.3) is 5.65 Å². The highest BCUT2D eigenvalue weighted by atomic mass is 16.3. The fourth-order valence-electron chi connectivity index (χ4n) is 3.62. The summed E-state index contributed by atoms with van der Waals surface area (Å²) in [6.07, 6.45) is 0.709. The molecule has 0 bridgehead atoms.